The van der Waals surface area contributed by atoms with E-state index in [2.05, 4.69) is 4.74 Å². The van der Waals surface area contributed by atoms with Crippen molar-refractivity contribution in [2.24, 2.45) is 5.92 Å². The van der Waals surface area contributed by atoms with Crippen LogP contribution < -0.4 is 0 Å². The molecule has 11 heavy (non-hydrogen) atoms. The van der Waals surface area contributed by atoms with E-state index in [1.54, 1.807) is 0 Å². The third-order valence-electron chi connectivity index (χ3n) is 1.77. The van der Waals surface area contributed by atoms with E-state index in [1.165, 1.54) is 0 Å². The van der Waals surface area contributed by atoms with Gasteiger partial charge in [-0.15, -0.1) is 0 Å². The Morgan fingerprint density at radius 2 is 2.09 bits per heavy atom. The standard InChI is InChI=1S/C6H9F3O2/c7-6(8,9)5-4(3-10)1-2-11-5/h4-5,10H,1-3H2/t4-,5-/m0/s1. The predicted molar refractivity (Wildman–Crippen MR) is 31.0 cm³/mol. The summed E-state index contributed by atoms with van der Waals surface area (Å²) in [5, 5.41) is 8.52. The maximum absolute atomic E-state index is 12.0. The normalized spacial score (nSPS) is 32.7. The molecule has 0 radical (unpaired) electrons. The van der Waals surface area contributed by atoms with Crippen molar-refractivity contribution in [3.8, 4) is 0 Å². The summed E-state index contributed by atoms with van der Waals surface area (Å²) >= 11 is 0. The molecule has 1 aliphatic rings. The van der Waals surface area contributed by atoms with E-state index in [0.29, 0.717) is 6.42 Å². The topological polar surface area (TPSA) is 29.5 Å². The summed E-state index contributed by atoms with van der Waals surface area (Å²) in [6.07, 6.45) is -5.79. The van der Waals surface area contributed by atoms with Crippen molar-refractivity contribution in [3.05, 3.63) is 0 Å². The average molecular weight is 170 g/mol. The molecule has 1 N–H and O–H groups in total. The fourth-order valence-corrected chi connectivity index (χ4v) is 1.18. The first-order valence-electron chi connectivity index (χ1n) is 3.35. The Kier molecular flexibility index (Phi) is 2.39. The van der Waals surface area contributed by atoms with Crippen molar-refractivity contribution in [2.45, 2.75) is 18.7 Å². The Balaban J connectivity index is 2.57. The van der Waals surface area contributed by atoms with Crippen molar-refractivity contribution in [3.63, 3.8) is 0 Å². The molecular weight excluding hydrogens is 161 g/mol. The molecule has 1 fully saturated rings. The fourth-order valence-electron chi connectivity index (χ4n) is 1.18. The number of halogens is 3. The van der Waals surface area contributed by atoms with Gasteiger partial charge < -0.3 is 9.84 Å². The molecule has 0 saturated carbocycles. The van der Waals surface area contributed by atoms with Gasteiger partial charge in [-0.2, -0.15) is 13.2 Å². The Morgan fingerprint density at radius 1 is 1.45 bits per heavy atom. The molecule has 0 amide bonds. The van der Waals surface area contributed by atoms with Gasteiger partial charge in [0.2, 0.25) is 0 Å². The Labute approximate surface area is 62.0 Å². The minimum Gasteiger partial charge on any atom is -0.396 e. The third-order valence-corrected chi connectivity index (χ3v) is 1.77. The number of hydrogen-bond acceptors (Lipinski definition) is 2. The van der Waals surface area contributed by atoms with E-state index in [-0.39, 0.29) is 6.61 Å². The first-order valence-corrected chi connectivity index (χ1v) is 3.35. The van der Waals surface area contributed by atoms with Crippen LogP contribution in [0.2, 0.25) is 0 Å². The Morgan fingerprint density at radius 3 is 2.45 bits per heavy atom. The summed E-state index contributed by atoms with van der Waals surface area (Å²) in [5.74, 6) is -0.769. The first-order chi connectivity index (χ1) is 5.05. The van der Waals surface area contributed by atoms with E-state index >= 15 is 0 Å². The Hall–Kier alpha value is -0.290. The fraction of sp³-hybridized carbons (Fsp3) is 1.00. The van der Waals surface area contributed by atoms with E-state index in [1.807, 2.05) is 0 Å². The second-order valence-electron chi connectivity index (χ2n) is 2.56. The number of rotatable bonds is 1. The quantitative estimate of drug-likeness (QED) is 0.634. The zero-order chi connectivity index (χ0) is 8.48. The maximum Gasteiger partial charge on any atom is 0.414 e. The molecule has 0 aromatic heterocycles. The van der Waals surface area contributed by atoms with E-state index < -0.39 is 24.8 Å². The number of aliphatic hydroxyl groups excluding tert-OH is 1. The molecule has 0 aliphatic carbocycles. The van der Waals surface area contributed by atoms with Gasteiger partial charge in [-0.25, -0.2) is 0 Å². The molecule has 0 unspecified atom stereocenters. The van der Waals surface area contributed by atoms with Crippen LogP contribution in [0.25, 0.3) is 0 Å². The number of ether oxygens (including phenoxy) is 1. The van der Waals surface area contributed by atoms with Crippen LogP contribution in [0.3, 0.4) is 0 Å². The van der Waals surface area contributed by atoms with Crippen LogP contribution in [0.5, 0.6) is 0 Å². The Bertz CT molecular complexity index is 134. The van der Waals surface area contributed by atoms with E-state index in [4.69, 9.17) is 5.11 Å². The van der Waals surface area contributed by atoms with E-state index in [9.17, 15) is 13.2 Å². The van der Waals surface area contributed by atoms with Crippen molar-refractivity contribution in [1.82, 2.24) is 0 Å². The molecule has 1 aliphatic heterocycles. The van der Waals surface area contributed by atoms with Crippen molar-refractivity contribution in [2.75, 3.05) is 13.2 Å². The minimum absolute atomic E-state index is 0.0927. The molecule has 2 atom stereocenters. The molecule has 0 aromatic rings. The molecule has 1 saturated heterocycles. The molecule has 5 heteroatoms. The highest BCUT2D eigenvalue weighted by molar-refractivity contribution is 4.81. The highest BCUT2D eigenvalue weighted by Crippen LogP contribution is 2.33. The minimum atomic E-state index is -4.33. The lowest BCUT2D eigenvalue weighted by Crippen LogP contribution is -2.35. The first kappa shape index (κ1) is 8.80. The van der Waals surface area contributed by atoms with Gasteiger partial charge >= 0.3 is 6.18 Å². The van der Waals surface area contributed by atoms with Gasteiger partial charge in [0.15, 0.2) is 6.10 Å². The SMILES string of the molecule is OC[C@@H]1CCO[C@@H]1C(F)(F)F. The molecular formula is C6H9F3O2. The van der Waals surface area contributed by atoms with Gasteiger partial charge in [0, 0.05) is 19.1 Å². The zero-order valence-electron chi connectivity index (χ0n) is 5.77. The highest BCUT2D eigenvalue weighted by Gasteiger charge is 2.48. The van der Waals surface area contributed by atoms with Crippen LogP contribution in [0.15, 0.2) is 0 Å². The van der Waals surface area contributed by atoms with E-state index in [0.717, 1.165) is 0 Å². The lowest BCUT2D eigenvalue weighted by atomic mass is 10.0. The lowest BCUT2D eigenvalue weighted by Gasteiger charge is -2.18. The molecule has 0 bridgehead atoms. The van der Waals surface area contributed by atoms with Gasteiger partial charge in [0.05, 0.1) is 0 Å². The van der Waals surface area contributed by atoms with Crippen LogP contribution in [-0.2, 0) is 4.74 Å². The van der Waals surface area contributed by atoms with Gasteiger partial charge in [-0.3, -0.25) is 0 Å². The van der Waals surface area contributed by atoms with Gasteiger partial charge in [-0.1, -0.05) is 0 Å². The molecule has 0 aromatic carbocycles. The molecule has 1 heterocycles. The summed E-state index contributed by atoms with van der Waals surface area (Å²) < 4.78 is 40.3. The van der Waals surface area contributed by atoms with Gasteiger partial charge in [-0.05, 0) is 6.42 Å². The van der Waals surface area contributed by atoms with Crippen LogP contribution >= 0.6 is 0 Å². The summed E-state index contributed by atoms with van der Waals surface area (Å²) in [6.45, 7) is -0.362. The average Bonchev–Trinajstić information content (AvgIpc) is 2.31. The summed E-state index contributed by atoms with van der Waals surface area (Å²) in [6, 6.07) is 0. The summed E-state index contributed by atoms with van der Waals surface area (Å²) in [5.41, 5.74) is 0. The number of hydrogen-bond donors (Lipinski definition) is 1. The van der Waals surface area contributed by atoms with Crippen LogP contribution in [0.1, 0.15) is 6.42 Å². The van der Waals surface area contributed by atoms with Crippen molar-refractivity contribution >= 4 is 0 Å². The van der Waals surface area contributed by atoms with Crippen molar-refractivity contribution in [1.29, 1.82) is 0 Å². The lowest BCUT2D eigenvalue weighted by molar-refractivity contribution is -0.218. The third kappa shape index (κ3) is 1.84. The molecule has 0 spiro atoms. The van der Waals surface area contributed by atoms with Gasteiger partial charge in [0.25, 0.3) is 0 Å². The number of aliphatic hydroxyl groups is 1. The second-order valence-corrected chi connectivity index (χ2v) is 2.56. The summed E-state index contributed by atoms with van der Waals surface area (Å²) in [7, 11) is 0. The van der Waals surface area contributed by atoms with Crippen LogP contribution in [-0.4, -0.2) is 30.6 Å². The predicted octanol–water partition coefficient (Wildman–Crippen LogP) is 0.946. The zero-order valence-corrected chi connectivity index (χ0v) is 5.77. The van der Waals surface area contributed by atoms with Crippen LogP contribution in [0.4, 0.5) is 13.2 Å². The van der Waals surface area contributed by atoms with Gasteiger partial charge in [0.1, 0.15) is 0 Å². The molecule has 66 valence electrons. The summed E-state index contributed by atoms with van der Waals surface area (Å²) in [4.78, 5) is 0. The highest BCUT2D eigenvalue weighted by atomic mass is 19.4. The molecule has 1 rings (SSSR count). The van der Waals surface area contributed by atoms with Crippen LogP contribution in [0, 0.1) is 5.92 Å². The second kappa shape index (κ2) is 2.98. The van der Waals surface area contributed by atoms with Crippen molar-refractivity contribution < 1.29 is 23.0 Å². The smallest absolute Gasteiger partial charge is 0.396 e. The maximum atomic E-state index is 12.0. The molecule has 2 nitrogen and oxygen atoms in total. The monoisotopic (exact) mass is 170 g/mol. The number of alkyl halides is 3. The largest absolute Gasteiger partial charge is 0.414 e.